The topological polar surface area (TPSA) is 115 Å². The highest BCUT2D eigenvalue weighted by molar-refractivity contribution is 6.67. The molecule has 4 N–H and O–H groups in total. The Morgan fingerprint density at radius 3 is 0.941 bits per heavy atom. The summed E-state index contributed by atoms with van der Waals surface area (Å²) >= 11 is 20.0. The average Bonchev–Trinajstić information content (AvgIpc) is 2.02. The van der Waals surface area contributed by atoms with Crippen LogP contribution in [0.3, 0.4) is 0 Å². The average molecular weight is 332 g/mol. The zero-order chi connectivity index (χ0) is 15.0. The first-order chi connectivity index (χ1) is 7.52. The molecule has 0 saturated heterocycles. The maximum absolute atomic E-state index is 8.56. The van der Waals surface area contributed by atoms with Gasteiger partial charge in [-0.25, -0.2) is 9.59 Å². The maximum Gasteiger partial charge on any atom is 0.503 e. The summed E-state index contributed by atoms with van der Waals surface area (Å²) in [6.07, 6.45) is -1.92. The molecule has 0 aliphatic carbocycles. The minimum absolute atomic E-state index is 0.0988. The molecule has 102 valence electrons. The number of carboxylic acid groups (broad SMARTS) is 4. The van der Waals surface area contributed by atoms with Gasteiger partial charge in [-0.15, -0.1) is 6.58 Å². The van der Waals surface area contributed by atoms with Crippen molar-refractivity contribution >= 4 is 58.7 Å². The van der Waals surface area contributed by atoms with Gasteiger partial charge in [-0.3, -0.25) is 0 Å². The highest BCUT2D eigenvalue weighted by atomic mass is 35.5. The van der Waals surface area contributed by atoms with E-state index in [0.717, 1.165) is 0 Å². The van der Waals surface area contributed by atoms with E-state index in [-0.39, 0.29) is 8.98 Å². The molecule has 0 aromatic carbocycles. The van der Waals surface area contributed by atoms with Crippen LogP contribution in [-0.2, 0) is 0 Å². The normalized spacial score (nSPS) is 6.41. The van der Waals surface area contributed by atoms with Crippen molar-refractivity contribution in [3.8, 4) is 0 Å². The summed E-state index contributed by atoms with van der Waals surface area (Å²) < 4.78 is -0.198. The monoisotopic (exact) mass is 330 g/mol. The van der Waals surface area contributed by atoms with E-state index < -0.39 is 12.3 Å². The molecule has 0 saturated carbocycles. The Balaban J connectivity index is -0.0000000688. The molecule has 17 heavy (non-hydrogen) atoms. The van der Waals surface area contributed by atoms with Gasteiger partial charge in [-0.05, 0) is 6.92 Å². The van der Waals surface area contributed by atoms with Gasteiger partial charge in [0.05, 0.1) is 0 Å². The Morgan fingerprint density at radius 1 is 0.882 bits per heavy atom. The molecule has 0 aromatic heterocycles. The van der Waals surface area contributed by atoms with E-state index in [4.69, 9.17) is 76.4 Å². The third-order valence-electron chi connectivity index (χ3n) is 0.143. The summed E-state index contributed by atoms with van der Waals surface area (Å²) in [5, 5.41) is 27.9. The molecule has 0 spiro atoms. The number of allylic oxidation sites excluding steroid dienone is 1. The second-order valence-electron chi connectivity index (χ2n) is 1.49. The Bertz CT molecular complexity index is 215. The zero-order valence-electron chi connectivity index (χ0n) is 8.40. The van der Waals surface area contributed by atoms with E-state index in [0.29, 0.717) is 0 Å². The number of rotatable bonds is 0. The second-order valence-corrected chi connectivity index (χ2v) is 3.39. The van der Waals surface area contributed by atoms with Gasteiger partial charge in [0.25, 0.3) is 0 Å². The van der Waals surface area contributed by atoms with Gasteiger partial charge in [0.15, 0.2) is 0 Å². The number of halogens is 4. The fourth-order valence-corrected chi connectivity index (χ4v) is 0. The summed E-state index contributed by atoms with van der Waals surface area (Å²) in [6, 6.07) is 0. The molecule has 10 heteroatoms. The first-order valence-electron chi connectivity index (χ1n) is 3.29. The molecule has 0 heterocycles. The Hall–Kier alpha value is -0.820. The summed E-state index contributed by atoms with van der Waals surface area (Å²) in [5.41, 5.74) is 0. The fourth-order valence-electron chi connectivity index (χ4n) is 0. The summed E-state index contributed by atoms with van der Waals surface area (Å²) in [4.78, 5) is 17.1. The molecule has 0 amide bonds. The van der Waals surface area contributed by atoms with Crippen LogP contribution in [0.15, 0.2) is 21.6 Å². The standard InChI is InChI=1S/C3H6.C2Cl4.2CH2O3/c1-3-2;3-1(4)2(5)6;2*2-1(3)4/h3H,1H2,2H3;;2*(H2,2,3,4). The lowest BCUT2D eigenvalue weighted by atomic mass is 10.8. The van der Waals surface area contributed by atoms with Crippen LogP contribution in [0.1, 0.15) is 6.92 Å². The third kappa shape index (κ3) is 261. The van der Waals surface area contributed by atoms with Crippen molar-refractivity contribution in [2.75, 3.05) is 0 Å². The predicted molar refractivity (Wildman–Crippen MR) is 67.6 cm³/mol. The number of hydrogen-bond donors (Lipinski definition) is 4. The molecule has 0 aromatic rings. The van der Waals surface area contributed by atoms with Gasteiger partial charge in [-0.1, -0.05) is 52.5 Å². The van der Waals surface area contributed by atoms with Gasteiger partial charge in [-0.2, -0.15) is 0 Å². The van der Waals surface area contributed by atoms with Crippen molar-refractivity contribution in [3.63, 3.8) is 0 Å². The van der Waals surface area contributed by atoms with Gasteiger partial charge in [0, 0.05) is 0 Å². The minimum Gasteiger partial charge on any atom is -0.450 e. The van der Waals surface area contributed by atoms with Gasteiger partial charge in [0.1, 0.15) is 8.98 Å². The molecular weight excluding hydrogens is 322 g/mol. The lowest BCUT2D eigenvalue weighted by Gasteiger charge is -1.75. The van der Waals surface area contributed by atoms with Crippen molar-refractivity contribution in [1.29, 1.82) is 0 Å². The van der Waals surface area contributed by atoms with E-state index >= 15 is 0 Å². The molecule has 0 fully saturated rings. The van der Waals surface area contributed by atoms with Crippen molar-refractivity contribution < 1.29 is 30.0 Å². The summed E-state index contributed by atoms with van der Waals surface area (Å²) in [7, 11) is 0. The number of hydrogen-bond acceptors (Lipinski definition) is 2. The minimum atomic E-state index is -1.83. The van der Waals surface area contributed by atoms with Crippen LogP contribution in [0.2, 0.25) is 0 Å². The molecule has 0 radical (unpaired) electrons. The fraction of sp³-hybridized carbons (Fsp3) is 0.143. The van der Waals surface area contributed by atoms with E-state index in [1.165, 1.54) is 0 Å². The van der Waals surface area contributed by atoms with E-state index in [9.17, 15) is 0 Å². The van der Waals surface area contributed by atoms with Gasteiger partial charge in [0.2, 0.25) is 0 Å². The highest BCUT2D eigenvalue weighted by Gasteiger charge is 1.88. The van der Waals surface area contributed by atoms with Crippen LogP contribution in [0.25, 0.3) is 0 Å². The van der Waals surface area contributed by atoms with Crippen LogP contribution in [0.4, 0.5) is 9.59 Å². The number of carbonyl (C=O) groups is 2. The molecule has 6 nitrogen and oxygen atoms in total. The smallest absolute Gasteiger partial charge is 0.450 e. The third-order valence-corrected chi connectivity index (χ3v) is 1.29. The molecule has 0 aliphatic heterocycles. The van der Waals surface area contributed by atoms with Crippen molar-refractivity contribution in [2.24, 2.45) is 0 Å². The van der Waals surface area contributed by atoms with Crippen LogP contribution in [-0.4, -0.2) is 32.7 Å². The Kier molecular flexibility index (Phi) is 30.4. The SMILES string of the molecule is C=CC.ClC(Cl)=C(Cl)Cl.O=C(O)O.O=C(O)O. The zero-order valence-corrected chi connectivity index (χ0v) is 11.4. The first-order valence-corrected chi connectivity index (χ1v) is 4.81. The summed E-state index contributed by atoms with van der Waals surface area (Å²) in [5.74, 6) is 0. The van der Waals surface area contributed by atoms with Crippen LogP contribution in [0, 0.1) is 0 Å². The molecule has 0 rings (SSSR count). The Labute approximate surface area is 117 Å². The maximum atomic E-state index is 8.56. The van der Waals surface area contributed by atoms with Gasteiger partial charge >= 0.3 is 12.3 Å². The predicted octanol–water partition coefficient (Wildman–Crippen LogP) is 4.71. The highest BCUT2D eigenvalue weighted by Crippen LogP contribution is 2.20. The van der Waals surface area contributed by atoms with Crippen LogP contribution in [0.5, 0.6) is 0 Å². The first kappa shape index (κ1) is 25.1. The lowest BCUT2D eigenvalue weighted by Crippen LogP contribution is -1.81. The largest absolute Gasteiger partial charge is 0.503 e. The summed E-state index contributed by atoms with van der Waals surface area (Å²) in [6.45, 7) is 5.25. The molecule has 0 atom stereocenters. The van der Waals surface area contributed by atoms with Crippen LogP contribution >= 0.6 is 46.4 Å². The van der Waals surface area contributed by atoms with Crippen molar-refractivity contribution in [1.82, 2.24) is 0 Å². The van der Waals surface area contributed by atoms with Crippen molar-refractivity contribution in [2.45, 2.75) is 6.92 Å². The van der Waals surface area contributed by atoms with E-state index in [1.54, 1.807) is 6.08 Å². The van der Waals surface area contributed by atoms with Crippen LogP contribution < -0.4 is 0 Å². The molecule has 0 unspecified atom stereocenters. The Morgan fingerprint density at radius 2 is 0.941 bits per heavy atom. The van der Waals surface area contributed by atoms with Gasteiger partial charge < -0.3 is 20.4 Å². The van der Waals surface area contributed by atoms with E-state index in [2.05, 4.69) is 6.58 Å². The molecule has 0 aliphatic rings. The van der Waals surface area contributed by atoms with Crippen molar-refractivity contribution in [3.05, 3.63) is 21.6 Å². The second kappa shape index (κ2) is 20.6. The molecular formula is C7H10Cl4O6. The molecule has 0 bridgehead atoms. The van der Waals surface area contributed by atoms with E-state index in [1.807, 2.05) is 6.92 Å². The lowest BCUT2D eigenvalue weighted by molar-refractivity contribution is 0.135. The quantitative estimate of drug-likeness (QED) is 0.478.